The highest BCUT2D eigenvalue weighted by atomic mass is 32.2. The van der Waals surface area contributed by atoms with E-state index in [-0.39, 0.29) is 5.24 Å². The van der Waals surface area contributed by atoms with Gasteiger partial charge in [0.15, 0.2) is 0 Å². The summed E-state index contributed by atoms with van der Waals surface area (Å²) in [6, 6.07) is 8.10. The molecule has 1 rings (SSSR count). The molecule has 0 heterocycles. The van der Waals surface area contributed by atoms with E-state index in [0.29, 0.717) is 12.5 Å². The van der Waals surface area contributed by atoms with Gasteiger partial charge in [0.05, 0.1) is 6.54 Å². The topological polar surface area (TPSA) is 29.1 Å². The van der Waals surface area contributed by atoms with Crippen LogP contribution in [-0.2, 0) is 0 Å². The highest BCUT2D eigenvalue weighted by Crippen LogP contribution is 2.21. The van der Waals surface area contributed by atoms with Gasteiger partial charge < -0.3 is 5.32 Å². The third-order valence-corrected chi connectivity index (χ3v) is 3.22. The third-order valence-electron chi connectivity index (χ3n) is 2.38. The van der Waals surface area contributed by atoms with Crippen LogP contribution >= 0.6 is 11.8 Å². The molecule has 0 aromatic heterocycles. The van der Waals surface area contributed by atoms with E-state index in [2.05, 4.69) is 43.1 Å². The maximum atomic E-state index is 11.6. The SMILES string of the molecule is CCC#CCNC(=O)Sc1ccc(C(C)C)cc1. The minimum atomic E-state index is -0.0577. The molecule has 0 unspecified atom stereocenters. The molecule has 0 aliphatic rings. The Labute approximate surface area is 114 Å². The first-order valence-electron chi connectivity index (χ1n) is 6.14. The van der Waals surface area contributed by atoms with Crippen molar-refractivity contribution in [2.75, 3.05) is 6.54 Å². The summed E-state index contributed by atoms with van der Waals surface area (Å²) >= 11 is 1.20. The van der Waals surface area contributed by atoms with Gasteiger partial charge in [-0.3, -0.25) is 4.79 Å². The quantitative estimate of drug-likeness (QED) is 0.657. The smallest absolute Gasteiger partial charge is 0.284 e. The Hall–Kier alpha value is -1.40. The maximum Gasteiger partial charge on any atom is 0.284 e. The predicted octanol–water partition coefficient (Wildman–Crippen LogP) is 4.03. The molecule has 0 fully saturated rings. The second-order valence-electron chi connectivity index (χ2n) is 4.17. The molecular formula is C15H19NOS. The van der Waals surface area contributed by atoms with Crippen molar-refractivity contribution < 1.29 is 4.79 Å². The molecule has 3 heteroatoms. The molecule has 0 atom stereocenters. The van der Waals surface area contributed by atoms with Crippen LogP contribution in [0.15, 0.2) is 29.2 Å². The Morgan fingerprint density at radius 2 is 1.94 bits per heavy atom. The predicted molar refractivity (Wildman–Crippen MR) is 77.9 cm³/mol. The van der Waals surface area contributed by atoms with E-state index in [0.717, 1.165) is 11.3 Å². The van der Waals surface area contributed by atoms with Crippen LogP contribution in [-0.4, -0.2) is 11.8 Å². The van der Waals surface area contributed by atoms with Crippen molar-refractivity contribution in [3.63, 3.8) is 0 Å². The molecule has 0 bridgehead atoms. The van der Waals surface area contributed by atoms with E-state index in [1.165, 1.54) is 17.3 Å². The number of hydrogen-bond acceptors (Lipinski definition) is 2. The lowest BCUT2D eigenvalue weighted by molar-refractivity contribution is 0.261. The monoisotopic (exact) mass is 261 g/mol. The zero-order valence-electron chi connectivity index (χ0n) is 11.1. The first-order chi connectivity index (χ1) is 8.63. The average molecular weight is 261 g/mol. The van der Waals surface area contributed by atoms with Gasteiger partial charge in [0.1, 0.15) is 0 Å². The number of nitrogens with one attached hydrogen (secondary N) is 1. The van der Waals surface area contributed by atoms with E-state index < -0.39 is 0 Å². The highest BCUT2D eigenvalue weighted by Gasteiger charge is 2.04. The van der Waals surface area contributed by atoms with Crippen LogP contribution in [0.2, 0.25) is 0 Å². The number of hydrogen-bond donors (Lipinski definition) is 1. The first-order valence-corrected chi connectivity index (χ1v) is 6.96. The minimum absolute atomic E-state index is 0.0577. The number of carbonyl (C=O) groups is 1. The van der Waals surface area contributed by atoms with Crippen molar-refractivity contribution in [1.82, 2.24) is 5.32 Å². The summed E-state index contributed by atoms with van der Waals surface area (Å²) in [5, 5.41) is 2.70. The summed E-state index contributed by atoms with van der Waals surface area (Å²) in [4.78, 5) is 12.5. The average Bonchev–Trinajstić information content (AvgIpc) is 2.35. The van der Waals surface area contributed by atoms with Crippen molar-refractivity contribution in [2.24, 2.45) is 0 Å². The van der Waals surface area contributed by atoms with Gasteiger partial charge in [0.2, 0.25) is 0 Å². The van der Waals surface area contributed by atoms with Crippen molar-refractivity contribution in [3.8, 4) is 11.8 Å². The zero-order valence-corrected chi connectivity index (χ0v) is 11.9. The molecule has 1 aromatic rings. The van der Waals surface area contributed by atoms with E-state index in [1.54, 1.807) is 0 Å². The van der Waals surface area contributed by atoms with Gasteiger partial charge in [-0.2, -0.15) is 0 Å². The molecule has 2 nitrogen and oxygen atoms in total. The summed E-state index contributed by atoms with van der Waals surface area (Å²) in [5.74, 6) is 6.31. The summed E-state index contributed by atoms with van der Waals surface area (Å²) in [5.41, 5.74) is 1.29. The molecule has 1 aromatic carbocycles. The van der Waals surface area contributed by atoms with Gasteiger partial charge >= 0.3 is 0 Å². The largest absolute Gasteiger partial charge is 0.336 e. The molecule has 0 radical (unpaired) electrons. The number of amides is 1. The van der Waals surface area contributed by atoms with Crippen LogP contribution < -0.4 is 5.32 Å². The van der Waals surface area contributed by atoms with Crippen LogP contribution in [0.5, 0.6) is 0 Å². The van der Waals surface area contributed by atoms with Crippen LogP contribution in [0.1, 0.15) is 38.7 Å². The van der Waals surface area contributed by atoms with Crippen LogP contribution in [0, 0.1) is 11.8 Å². The second-order valence-corrected chi connectivity index (χ2v) is 5.22. The fraction of sp³-hybridized carbons (Fsp3) is 0.400. The molecule has 18 heavy (non-hydrogen) atoms. The van der Waals surface area contributed by atoms with E-state index in [1.807, 2.05) is 19.1 Å². The summed E-state index contributed by atoms with van der Waals surface area (Å²) in [7, 11) is 0. The Morgan fingerprint density at radius 1 is 1.28 bits per heavy atom. The maximum absolute atomic E-state index is 11.6. The second kappa shape index (κ2) is 7.84. The highest BCUT2D eigenvalue weighted by molar-refractivity contribution is 8.13. The fourth-order valence-corrected chi connectivity index (χ4v) is 2.00. The number of carbonyl (C=O) groups excluding carboxylic acids is 1. The summed E-state index contributed by atoms with van der Waals surface area (Å²) < 4.78 is 0. The van der Waals surface area contributed by atoms with E-state index in [4.69, 9.17) is 0 Å². The lowest BCUT2D eigenvalue weighted by Crippen LogP contribution is -2.18. The van der Waals surface area contributed by atoms with E-state index in [9.17, 15) is 4.79 Å². The van der Waals surface area contributed by atoms with Gasteiger partial charge in [-0.05, 0) is 35.4 Å². The van der Waals surface area contributed by atoms with Crippen LogP contribution in [0.25, 0.3) is 0 Å². The van der Waals surface area contributed by atoms with Gasteiger partial charge in [0.25, 0.3) is 5.24 Å². The third kappa shape index (κ3) is 5.29. The molecule has 0 spiro atoms. The Balaban J connectivity index is 2.44. The zero-order chi connectivity index (χ0) is 13.4. The molecule has 1 N–H and O–H groups in total. The van der Waals surface area contributed by atoms with Crippen LogP contribution in [0.4, 0.5) is 4.79 Å². The van der Waals surface area contributed by atoms with E-state index >= 15 is 0 Å². The number of benzene rings is 1. The summed E-state index contributed by atoms with van der Waals surface area (Å²) in [6.45, 7) is 6.71. The van der Waals surface area contributed by atoms with Crippen molar-refractivity contribution in [3.05, 3.63) is 29.8 Å². The van der Waals surface area contributed by atoms with Gasteiger partial charge in [-0.1, -0.05) is 38.8 Å². The normalized spacial score (nSPS) is 9.78. The molecule has 0 aliphatic carbocycles. The lowest BCUT2D eigenvalue weighted by Gasteiger charge is -2.06. The molecule has 96 valence electrons. The van der Waals surface area contributed by atoms with Gasteiger partial charge in [-0.15, -0.1) is 5.92 Å². The van der Waals surface area contributed by atoms with Crippen molar-refractivity contribution in [1.29, 1.82) is 0 Å². The summed E-state index contributed by atoms with van der Waals surface area (Å²) in [6.07, 6.45) is 0.819. The minimum Gasteiger partial charge on any atom is -0.336 e. The van der Waals surface area contributed by atoms with Gasteiger partial charge in [-0.25, -0.2) is 0 Å². The molecule has 0 aliphatic heterocycles. The Kier molecular flexibility index (Phi) is 6.38. The van der Waals surface area contributed by atoms with Crippen molar-refractivity contribution >= 4 is 17.0 Å². The molecular weight excluding hydrogens is 242 g/mol. The first kappa shape index (κ1) is 14.7. The number of rotatable bonds is 3. The molecule has 0 saturated heterocycles. The Morgan fingerprint density at radius 3 is 2.50 bits per heavy atom. The lowest BCUT2D eigenvalue weighted by atomic mass is 10.0. The number of thioether (sulfide) groups is 1. The van der Waals surface area contributed by atoms with Crippen molar-refractivity contribution in [2.45, 2.75) is 38.0 Å². The van der Waals surface area contributed by atoms with Gasteiger partial charge in [0, 0.05) is 11.3 Å². The molecule has 1 amide bonds. The standard InChI is InChI=1S/C15H19NOS/c1-4-5-6-11-16-15(17)18-14-9-7-13(8-10-14)12(2)3/h7-10,12H,4,11H2,1-3H3,(H,16,17). The molecule has 0 saturated carbocycles. The Bertz CT molecular complexity index is 440. The van der Waals surface area contributed by atoms with Crippen LogP contribution in [0.3, 0.4) is 0 Å². The fourth-order valence-electron chi connectivity index (χ4n) is 1.37.